The summed E-state index contributed by atoms with van der Waals surface area (Å²) in [5, 5.41) is 6.27. The Hall–Kier alpha value is -4.82. The third-order valence-corrected chi connectivity index (χ3v) is 7.48. The summed E-state index contributed by atoms with van der Waals surface area (Å²) >= 11 is 0. The van der Waals surface area contributed by atoms with Crippen molar-refractivity contribution in [2.75, 3.05) is 0 Å². The predicted octanol–water partition coefficient (Wildman–Crippen LogP) is 8.92. The fourth-order valence-electron chi connectivity index (χ4n) is 5.77. The second-order valence-electron chi connectivity index (χ2n) is 9.47. The van der Waals surface area contributed by atoms with Crippen molar-refractivity contribution >= 4 is 32.4 Å². The van der Waals surface area contributed by atoms with E-state index in [1.54, 1.807) is 0 Å². The molecule has 166 valence electrons. The number of aromatic nitrogens is 2. The highest BCUT2D eigenvalue weighted by Crippen LogP contribution is 2.50. The number of nitrogens with zero attached hydrogens (tertiary/aromatic N) is 2. The highest BCUT2D eigenvalue weighted by molar-refractivity contribution is 6.20. The van der Waals surface area contributed by atoms with Gasteiger partial charge in [-0.3, -0.25) is 9.97 Å². The highest BCUT2D eigenvalue weighted by Gasteiger charge is 2.23. The van der Waals surface area contributed by atoms with Crippen LogP contribution in [0.4, 0.5) is 0 Å². The molecule has 0 aliphatic heterocycles. The molecule has 2 heterocycles. The van der Waals surface area contributed by atoms with Crippen LogP contribution in [0, 0.1) is 0 Å². The van der Waals surface area contributed by atoms with Crippen molar-refractivity contribution in [2.24, 2.45) is 0 Å². The Morgan fingerprint density at radius 1 is 0.417 bits per heavy atom. The summed E-state index contributed by atoms with van der Waals surface area (Å²) in [5.41, 5.74) is 10.7. The van der Waals surface area contributed by atoms with Crippen molar-refractivity contribution in [3.8, 4) is 44.6 Å². The molecule has 0 N–H and O–H groups in total. The Morgan fingerprint density at radius 3 is 2.03 bits per heavy atom. The lowest BCUT2D eigenvalue weighted by atomic mass is 9.95. The molecule has 0 radical (unpaired) electrons. The van der Waals surface area contributed by atoms with Crippen LogP contribution in [-0.4, -0.2) is 9.97 Å². The standard InChI is InChI=1S/C34H20N2/c1-2-6-23-18-31-29-13-12-26(27-8-3-9-28(34(27)29)30(31)17-22(23)5-1)33-20-25(14-16-36-33)24-11-10-21-7-4-15-35-32(21)19-24/h1-20H. The number of hydrogen-bond donors (Lipinski definition) is 0. The smallest absolute Gasteiger partial charge is 0.0714 e. The lowest BCUT2D eigenvalue weighted by Crippen LogP contribution is -1.88. The van der Waals surface area contributed by atoms with Crippen LogP contribution >= 0.6 is 0 Å². The molecular weight excluding hydrogens is 436 g/mol. The van der Waals surface area contributed by atoms with Crippen LogP contribution < -0.4 is 0 Å². The van der Waals surface area contributed by atoms with E-state index in [1.807, 2.05) is 18.5 Å². The number of pyridine rings is 2. The molecule has 0 atom stereocenters. The van der Waals surface area contributed by atoms with Gasteiger partial charge in [0.05, 0.1) is 11.2 Å². The molecule has 0 amide bonds. The van der Waals surface area contributed by atoms with Crippen LogP contribution in [0.5, 0.6) is 0 Å². The minimum absolute atomic E-state index is 0.985. The van der Waals surface area contributed by atoms with Gasteiger partial charge in [0.1, 0.15) is 0 Å². The lowest BCUT2D eigenvalue weighted by Gasteiger charge is -2.11. The molecule has 0 bridgehead atoms. The van der Waals surface area contributed by atoms with E-state index in [1.165, 1.54) is 43.8 Å². The van der Waals surface area contributed by atoms with E-state index >= 15 is 0 Å². The minimum Gasteiger partial charge on any atom is -0.256 e. The first-order valence-electron chi connectivity index (χ1n) is 12.2. The van der Waals surface area contributed by atoms with Crippen molar-refractivity contribution in [3.63, 3.8) is 0 Å². The van der Waals surface area contributed by atoms with Crippen molar-refractivity contribution < 1.29 is 0 Å². The van der Waals surface area contributed by atoms with E-state index in [0.29, 0.717) is 0 Å². The van der Waals surface area contributed by atoms with Crippen LogP contribution in [0.15, 0.2) is 122 Å². The largest absolute Gasteiger partial charge is 0.256 e. The molecule has 0 unspecified atom stereocenters. The van der Waals surface area contributed by atoms with Gasteiger partial charge in [-0.15, -0.1) is 0 Å². The van der Waals surface area contributed by atoms with Gasteiger partial charge in [-0.2, -0.15) is 0 Å². The molecule has 0 saturated carbocycles. The topological polar surface area (TPSA) is 25.8 Å². The zero-order valence-electron chi connectivity index (χ0n) is 19.4. The molecule has 1 aliphatic rings. The number of benzene rings is 5. The molecule has 7 aromatic rings. The fourth-order valence-corrected chi connectivity index (χ4v) is 5.77. The molecule has 2 heteroatoms. The Bertz CT molecular complexity index is 1950. The molecule has 0 spiro atoms. The van der Waals surface area contributed by atoms with Gasteiger partial charge in [0.25, 0.3) is 0 Å². The number of rotatable bonds is 2. The molecule has 0 fully saturated rings. The second kappa shape index (κ2) is 7.34. The van der Waals surface area contributed by atoms with Gasteiger partial charge in [0.2, 0.25) is 0 Å². The van der Waals surface area contributed by atoms with Crippen LogP contribution in [-0.2, 0) is 0 Å². The van der Waals surface area contributed by atoms with E-state index in [2.05, 4.69) is 108 Å². The summed E-state index contributed by atoms with van der Waals surface area (Å²) in [6, 6.07) is 39.3. The number of fused-ring (bicyclic) bond motifs is 5. The Labute approximate surface area is 208 Å². The van der Waals surface area contributed by atoms with E-state index in [4.69, 9.17) is 4.98 Å². The van der Waals surface area contributed by atoms with Gasteiger partial charge in [-0.1, -0.05) is 72.8 Å². The van der Waals surface area contributed by atoms with Gasteiger partial charge < -0.3 is 0 Å². The Balaban J connectivity index is 1.31. The fraction of sp³-hybridized carbons (Fsp3) is 0. The Kier molecular flexibility index (Phi) is 3.97. The van der Waals surface area contributed by atoms with E-state index in [-0.39, 0.29) is 0 Å². The summed E-state index contributed by atoms with van der Waals surface area (Å²) in [5.74, 6) is 0. The minimum atomic E-state index is 0.985. The molecule has 0 saturated heterocycles. The molecule has 8 rings (SSSR count). The first-order chi connectivity index (χ1) is 17.8. The first kappa shape index (κ1) is 19.5. The van der Waals surface area contributed by atoms with Crippen molar-refractivity contribution in [1.82, 2.24) is 9.97 Å². The van der Waals surface area contributed by atoms with E-state index in [0.717, 1.165) is 33.3 Å². The van der Waals surface area contributed by atoms with Crippen LogP contribution in [0.3, 0.4) is 0 Å². The summed E-state index contributed by atoms with van der Waals surface area (Å²) in [6.45, 7) is 0. The van der Waals surface area contributed by atoms with E-state index in [9.17, 15) is 0 Å². The summed E-state index contributed by atoms with van der Waals surface area (Å²) < 4.78 is 0. The second-order valence-corrected chi connectivity index (χ2v) is 9.47. The van der Waals surface area contributed by atoms with Gasteiger partial charge in [0, 0.05) is 23.3 Å². The molecule has 5 aromatic carbocycles. The monoisotopic (exact) mass is 456 g/mol. The molecule has 1 aliphatic carbocycles. The van der Waals surface area contributed by atoms with Crippen LogP contribution in [0.1, 0.15) is 0 Å². The van der Waals surface area contributed by atoms with Crippen LogP contribution in [0.2, 0.25) is 0 Å². The maximum absolute atomic E-state index is 4.81. The average Bonchev–Trinajstić information content (AvgIpc) is 3.26. The van der Waals surface area contributed by atoms with Gasteiger partial charge >= 0.3 is 0 Å². The molecule has 2 nitrogen and oxygen atoms in total. The average molecular weight is 457 g/mol. The van der Waals surface area contributed by atoms with Gasteiger partial charge in [-0.05, 0) is 91.3 Å². The molecule has 36 heavy (non-hydrogen) atoms. The summed E-state index contributed by atoms with van der Waals surface area (Å²) in [7, 11) is 0. The third kappa shape index (κ3) is 2.79. The Morgan fingerprint density at radius 2 is 1.17 bits per heavy atom. The zero-order valence-corrected chi connectivity index (χ0v) is 19.4. The van der Waals surface area contributed by atoms with Gasteiger partial charge in [0.15, 0.2) is 0 Å². The summed E-state index contributed by atoms with van der Waals surface area (Å²) in [6.07, 6.45) is 3.76. The SMILES string of the molecule is c1ccc2cc3c(cc2c1)-c1cccc2c(-c4cc(-c5ccc6cccnc6c5)ccn4)ccc-3c12. The van der Waals surface area contributed by atoms with E-state index < -0.39 is 0 Å². The zero-order chi connectivity index (χ0) is 23.6. The molecule has 2 aromatic heterocycles. The van der Waals surface area contributed by atoms with Gasteiger partial charge in [-0.25, -0.2) is 0 Å². The maximum atomic E-state index is 4.81. The predicted molar refractivity (Wildman–Crippen MR) is 150 cm³/mol. The normalized spacial score (nSPS) is 11.9. The lowest BCUT2D eigenvalue weighted by molar-refractivity contribution is 1.33. The van der Waals surface area contributed by atoms with Crippen LogP contribution in [0.25, 0.3) is 77.1 Å². The maximum Gasteiger partial charge on any atom is 0.0714 e. The van der Waals surface area contributed by atoms with Crippen molar-refractivity contribution in [1.29, 1.82) is 0 Å². The quantitative estimate of drug-likeness (QED) is 0.259. The number of hydrogen-bond acceptors (Lipinski definition) is 2. The van der Waals surface area contributed by atoms with Crippen molar-refractivity contribution in [3.05, 3.63) is 122 Å². The third-order valence-electron chi connectivity index (χ3n) is 7.48. The van der Waals surface area contributed by atoms with Crippen molar-refractivity contribution in [2.45, 2.75) is 0 Å². The first-order valence-corrected chi connectivity index (χ1v) is 12.2. The summed E-state index contributed by atoms with van der Waals surface area (Å²) in [4.78, 5) is 9.35. The molecular formula is C34H20N2. The highest BCUT2D eigenvalue weighted by atomic mass is 14.7.